The summed E-state index contributed by atoms with van der Waals surface area (Å²) < 4.78 is 5.40. The molecule has 0 bridgehead atoms. The van der Waals surface area contributed by atoms with Crippen LogP contribution in [0.15, 0.2) is 52.7 Å². The van der Waals surface area contributed by atoms with Gasteiger partial charge in [0.25, 0.3) is 5.69 Å². The predicted molar refractivity (Wildman–Crippen MR) is 129 cm³/mol. The zero-order valence-corrected chi connectivity index (χ0v) is 20.2. The van der Waals surface area contributed by atoms with E-state index in [1.807, 2.05) is 32.0 Å². The van der Waals surface area contributed by atoms with Gasteiger partial charge in [0, 0.05) is 29.3 Å². The van der Waals surface area contributed by atoms with E-state index < -0.39 is 16.1 Å². The summed E-state index contributed by atoms with van der Waals surface area (Å²) in [6.07, 6.45) is 0. The van der Waals surface area contributed by atoms with Crippen molar-refractivity contribution in [2.24, 2.45) is 0 Å². The maximum Gasteiger partial charge on any atom is 0.319 e. The molecule has 0 N–H and O–H groups in total. The summed E-state index contributed by atoms with van der Waals surface area (Å²) in [6, 6.07) is 11.8. The number of rotatable bonds is 8. The number of carbonyl (C=O) groups is 2. The molecule has 10 heteroatoms. The first kappa shape index (κ1) is 24.4. The number of nitrogens with zero attached hydrogens (tertiary/aromatic N) is 3. The quantitative estimate of drug-likeness (QED) is 0.178. The fourth-order valence-electron chi connectivity index (χ4n) is 3.01. The number of non-ortho nitro benzene ring substituents is 1. The zero-order valence-electron chi connectivity index (χ0n) is 18.6. The van der Waals surface area contributed by atoms with E-state index in [-0.39, 0.29) is 18.2 Å². The van der Waals surface area contributed by atoms with Crippen molar-refractivity contribution in [1.82, 2.24) is 4.98 Å². The van der Waals surface area contributed by atoms with Crippen LogP contribution in [0, 0.1) is 24.0 Å². The molecule has 1 unspecified atom stereocenters. The first-order valence-electron chi connectivity index (χ1n) is 10.1. The number of aromatic nitrogens is 1. The van der Waals surface area contributed by atoms with Gasteiger partial charge in [0.2, 0.25) is 5.91 Å². The van der Waals surface area contributed by atoms with Crippen LogP contribution in [0.5, 0.6) is 0 Å². The summed E-state index contributed by atoms with van der Waals surface area (Å²) in [5.41, 5.74) is 3.38. The van der Waals surface area contributed by atoms with E-state index in [1.165, 1.54) is 42.2 Å². The summed E-state index contributed by atoms with van der Waals surface area (Å²) in [6.45, 7) is 7.12. The Labute approximate surface area is 199 Å². The number of hydrogen-bond acceptors (Lipinski definition) is 8. The first-order chi connectivity index (χ1) is 15.7. The average Bonchev–Trinajstić information content (AvgIpc) is 3.23. The fraction of sp³-hybridized carbons (Fsp3) is 0.261. The minimum Gasteiger partial charge on any atom is -0.458 e. The SMILES string of the molecule is CC(=O)N(c1nc(COC(=O)C(C)Sc2ccc([N+](=O)[O-])cc2)cs1)c1cccc(C)c1C. The molecule has 0 radical (unpaired) electrons. The molecular formula is C23H23N3O5S2. The molecule has 0 aliphatic rings. The lowest BCUT2D eigenvalue weighted by atomic mass is 10.1. The highest BCUT2D eigenvalue weighted by Gasteiger charge is 2.21. The van der Waals surface area contributed by atoms with Gasteiger partial charge in [-0.3, -0.25) is 24.6 Å². The van der Waals surface area contributed by atoms with Crippen molar-refractivity contribution in [1.29, 1.82) is 0 Å². The summed E-state index contributed by atoms with van der Waals surface area (Å²) in [5.74, 6) is -0.583. The average molecular weight is 486 g/mol. The Morgan fingerprint density at radius 2 is 1.91 bits per heavy atom. The Hall–Kier alpha value is -3.24. The van der Waals surface area contributed by atoms with E-state index in [9.17, 15) is 19.7 Å². The maximum absolute atomic E-state index is 12.4. The summed E-state index contributed by atoms with van der Waals surface area (Å²) in [7, 11) is 0. The lowest BCUT2D eigenvalue weighted by Gasteiger charge is -2.21. The van der Waals surface area contributed by atoms with Gasteiger partial charge in [-0.05, 0) is 50.1 Å². The minimum atomic E-state index is -0.506. The van der Waals surface area contributed by atoms with Gasteiger partial charge in [-0.1, -0.05) is 12.1 Å². The van der Waals surface area contributed by atoms with E-state index in [0.717, 1.165) is 21.7 Å². The number of nitro benzene ring substituents is 1. The molecule has 1 amide bonds. The van der Waals surface area contributed by atoms with Gasteiger partial charge in [0.1, 0.15) is 11.9 Å². The third-order valence-corrected chi connectivity index (χ3v) is 6.88. The van der Waals surface area contributed by atoms with Crippen LogP contribution in [-0.4, -0.2) is 27.0 Å². The lowest BCUT2D eigenvalue weighted by molar-refractivity contribution is -0.384. The predicted octanol–water partition coefficient (Wildman–Crippen LogP) is 5.58. The second kappa shape index (κ2) is 10.6. The Kier molecular flexibility index (Phi) is 7.83. The second-order valence-corrected chi connectivity index (χ2v) is 9.56. The molecule has 0 saturated carbocycles. The fourth-order valence-corrected chi connectivity index (χ4v) is 4.74. The molecule has 3 aromatic rings. The van der Waals surface area contributed by atoms with E-state index in [0.29, 0.717) is 10.8 Å². The normalized spacial score (nSPS) is 11.6. The van der Waals surface area contributed by atoms with Gasteiger partial charge in [-0.25, -0.2) is 4.98 Å². The van der Waals surface area contributed by atoms with Gasteiger partial charge < -0.3 is 4.74 Å². The molecule has 0 saturated heterocycles. The summed E-state index contributed by atoms with van der Waals surface area (Å²) >= 11 is 2.56. The number of nitro groups is 1. The Bertz CT molecular complexity index is 1180. The number of ether oxygens (including phenoxy) is 1. The third kappa shape index (κ3) is 5.96. The monoisotopic (exact) mass is 485 g/mol. The molecule has 0 spiro atoms. The summed E-state index contributed by atoms with van der Waals surface area (Å²) in [5, 5.41) is 12.5. The van der Waals surface area contributed by atoms with Gasteiger partial charge >= 0.3 is 5.97 Å². The number of aryl methyl sites for hydroxylation is 1. The molecule has 1 atom stereocenters. The number of thiazole rings is 1. The zero-order chi connectivity index (χ0) is 24.1. The van der Waals surface area contributed by atoms with Crippen LogP contribution in [0.2, 0.25) is 0 Å². The molecule has 172 valence electrons. The highest BCUT2D eigenvalue weighted by atomic mass is 32.2. The third-order valence-electron chi connectivity index (χ3n) is 4.92. The van der Waals surface area contributed by atoms with Gasteiger partial charge in [0.15, 0.2) is 5.13 Å². The van der Waals surface area contributed by atoms with E-state index >= 15 is 0 Å². The van der Waals surface area contributed by atoms with Gasteiger partial charge in [0.05, 0.1) is 16.3 Å². The van der Waals surface area contributed by atoms with E-state index in [1.54, 1.807) is 29.3 Å². The molecule has 1 aromatic heterocycles. The van der Waals surface area contributed by atoms with Gasteiger partial charge in [-0.2, -0.15) is 0 Å². The number of amides is 1. The molecule has 0 fully saturated rings. The molecule has 2 aromatic carbocycles. The molecule has 3 rings (SSSR count). The highest BCUT2D eigenvalue weighted by Crippen LogP contribution is 2.33. The molecule has 1 heterocycles. The first-order valence-corrected chi connectivity index (χ1v) is 11.8. The van der Waals surface area contributed by atoms with Crippen molar-refractivity contribution in [3.05, 3.63) is 74.8 Å². The second-order valence-electron chi connectivity index (χ2n) is 7.31. The van der Waals surface area contributed by atoms with Crippen molar-refractivity contribution in [2.45, 2.75) is 44.4 Å². The molecule has 8 nitrogen and oxygen atoms in total. The number of carbonyl (C=O) groups excluding carboxylic acids is 2. The molecule has 0 aliphatic heterocycles. The van der Waals surface area contributed by atoms with Crippen LogP contribution in [0.25, 0.3) is 0 Å². The Morgan fingerprint density at radius 1 is 1.21 bits per heavy atom. The largest absolute Gasteiger partial charge is 0.458 e. The Balaban J connectivity index is 1.63. The van der Waals surface area contributed by atoms with Crippen molar-refractivity contribution < 1.29 is 19.2 Å². The molecular weight excluding hydrogens is 462 g/mol. The number of esters is 1. The minimum absolute atomic E-state index is 0.00521. The number of thioether (sulfide) groups is 1. The smallest absolute Gasteiger partial charge is 0.319 e. The van der Waals surface area contributed by atoms with Crippen LogP contribution in [0.4, 0.5) is 16.5 Å². The van der Waals surface area contributed by atoms with E-state index in [2.05, 4.69) is 4.98 Å². The van der Waals surface area contributed by atoms with Crippen molar-refractivity contribution in [3.63, 3.8) is 0 Å². The molecule has 33 heavy (non-hydrogen) atoms. The Morgan fingerprint density at radius 3 is 2.55 bits per heavy atom. The number of benzene rings is 2. The highest BCUT2D eigenvalue weighted by molar-refractivity contribution is 8.00. The topological polar surface area (TPSA) is 103 Å². The van der Waals surface area contributed by atoms with Crippen LogP contribution in [0.1, 0.15) is 30.7 Å². The van der Waals surface area contributed by atoms with Crippen molar-refractivity contribution >= 4 is 51.5 Å². The van der Waals surface area contributed by atoms with Crippen molar-refractivity contribution in [3.8, 4) is 0 Å². The van der Waals surface area contributed by atoms with Gasteiger partial charge in [-0.15, -0.1) is 23.1 Å². The summed E-state index contributed by atoms with van der Waals surface area (Å²) in [4.78, 5) is 41.8. The lowest BCUT2D eigenvalue weighted by Crippen LogP contribution is -2.23. The van der Waals surface area contributed by atoms with Crippen LogP contribution >= 0.6 is 23.1 Å². The maximum atomic E-state index is 12.4. The van der Waals surface area contributed by atoms with Crippen LogP contribution in [-0.2, 0) is 20.9 Å². The van der Waals surface area contributed by atoms with Crippen molar-refractivity contribution in [2.75, 3.05) is 4.90 Å². The standard InChI is InChI=1S/C23H23N3O5S2/c1-14-6-5-7-21(15(14)2)25(17(4)27)23-24-18(13-32-23)12-31-22(28)16(3)33-20-10-8-19(9-11-20)26(29)30/h5-11,13,16H,12H2,1-4H3. The van der Waals surface area contributed by atoms with Crippen LogP contribution in [0.3, 0.4) is 0 Å². The molecule has 0 aliphatic carbocycles. The van der Waals surface area contributed by atoms with E-state index in [4.69, 9.17) is 4.74 Å². The number of hydrogen-bond donors (Lipinski definition) is 0. The number of anilines is 2. The van der Waals surface area contributed by atoms with Crippen LogP contribution < -0.4 is 4.90 Å².